The molecule has 1 heterocycles. The van der Waals surface area contributed by atoms with Gasteiger partial charge in [-0.05, 0) is 36.6 Å². The highest BCUT2D eigenvalue weighted by molar-refractivity contribution is 9.10. The Balaban J connectivity index is 2.39. The fraction of sp³-hybridized carbons (Fsp3) is 0.167. The van der Waals surface area contributed by atoms with Gasteiger partial charge in [-0.25, -0.2) is 4.98 Å². The highest BCUT2D eigenvalue weighted by atomic mass is 79.9. The maximum atomic E-state index is 6.39. The molecule has 21 heavy (non-hydrogen) atoms. The highest BCUT2D eigenvalue weighted by Gasteiger charge is 2.13. The summed E-state index contributed by atoms with van der Waals surface area (Å²) < 4.78 is 1.05. The van der Waals surface area contributed by atoms with Crippen LogP contribution in [0.2, 0.25) is 0 Å². The second kappa shape index (κ2) is 5.49. The van der Waals surface area contributed by atoms with E-state index in [0.29, 0.717) is 0 Å². The van der Waals surface area contributed by atoms with Crippen LogP contribution in [-0.2, 0) is 6.42 Å². The first-order valence-corrected chi connectivity index (χ1v) is 7.84. The molecule has 0 aliphatic heterocycles. The Morgan fingerprint density at radius 1 is 1.14 bits per heavy atom. The van der Waals surface area contributed by atoms with Crippen LogP contribution in [0.1, 0.15) is 18.1 Å². The first-order valence-electron chi connectivity index (χ1n) is 7.05. The molecule has 2 N–H and O–H groups in total. The van der Waals surface area contributed by atoms with E-state index in [1.165, 1.54) is 5.56 Å². The molecule has 0 amide bonds. The van der Waals surface area contributed by atoms with Crippen molar-refractivity contribution in [3.8, 4) is 11.3 Å². The number of benzene rings is 2. The number of nitrogens with two attached hydrogens (primary N) is 1. The van der Waals surface area contributed by atoms with Crippen LogP contribution >= 0.6 is 15.9 Å². The fourth-order valence-electron chi connectivity index (χ4n) is 2.66. The lowest BCUT2D eigenvalue weighted by atomic mass is 9.99. The summed E-state index contributed by atoms with van der Waals surface area (Å²) in [6.07, 6.45) is 0.930. The number of fused-ring (bicyclic) bond motifs is 1. The van der Waals surface area contributed by atoms with Gasteiger partial charge >= 0.3 is 0 Å². The minimum atomic E-state index is 0.815. The predicted molar refractivity (Wildman–Crippen MR) is 93.4 cm³/mol. The van der Waals surface area contributed by atoms with Gasteiger partial charge in [0, 0.05) is 21.1 Å². The van der Waals surface area contributed by atoms with Crippen molar-refractivity contribution in [1.82, 2.24) is 4.98 Å². The molecule has 1 aromatic heterocycles. The van der Waals surface area contributed by atoms with Crippen molar-refractivity contribution in [2.75, 3.05) is 5.73 Å². The van der Waals surface area contributed by atoms with Crippen molar-refractivity contribution in [3.63, 3.8) is 0 Å². The van der Waals surface area contributed by atoms with Gasteiger partial charge in [-0.3, -0.25) is 0 Å². The smallest absolute Gasteiger partial charge is 0.0763 e. The topological polar surface area (TPSA) is 38.9 Å². The van der Waals surface area contributed by atoms with Crippen molar-refractivity contribution in [2.24, 2.45) is 0 Å². The lowest BCUT2D eigenvalue weighted by molar-refractivity contribution is 1.14. The molecule has 0 spiro atoms. The molecule has 0 saturated heterocycles. The van der Waals surface area contributed by atoms with E-state index in [9.17, 15) is 0 Å². The average Bonchev–Trinajstić information content (AvgIpc) is 2.51. The highest BCUT2D eigenvalue weighted by Crippen LogP contribution is 2.34. The second-order valence-electron chi connectivity index (χ2n) is 5.18. The monoisotopic (exact) mass is 340 g/mol. The maximum absolute atomic E-state index is 6.39. The molecular weight excluding hydrogens is 324 g/mol. The van der Waals surface area contributed by atoms with Gasteiger partial charge in [0.15, 0.2) is 0 Å². The zero-order valence-electron chi connectivity index (χ0n) is 12.2. The van der Waals surface area contributed by atoms with E-state index in [1.54, 1.807) is 0 Å². The third-order valence-electron chi connectivity index (χ3n) is 3.85. The lowest BCUT2D eigenvalue weighted by Crippen LogP contribution is -2.00. The largest absolute Gasteiger partial charge is 0.398 e. The first kappa shape index (κ1) is 14.1. The third-order valence-corrected chi connectivity index (χ3v) is 4.31. The van der Waals surface area contributed by atoms with Gasteiger partial charge < -0.3 is 5.73 Å². The molecule has 0 bridgehead atoms. The second-order valence-corrected chi connectivity index (χ2v) is 6.10. The molecule has 2 aromatic carbocycles. The van der Waals surface area contributed by atoms with Crippen molar-refractivity contribution >= 4 is 32.5 Å². The quantitative estimate of drug-likeness (QED) is 0.703. The van der Waals surface area contributed by atoms with Crippen LogP contribution in [0.5, 0.6) is 0 Å². The summed E-state index contributed by atoms with van der Waals surface area (Å²) >= 11 is 3.56. The predicted octanol–water partition coefficient (Wildman–Crippen LogP) is 5.12. The van der Waals surface area contributed by atoms with Crippen LogP contribution in [0.3, 0.4) is 0 Å². The number of anilines is 1. The molecule has 0 radical (unpaired) electrons. The summed E-state index contributed by atoms with van der Waals surface area (Å²) in [6, 6.07) is 14.4. The minimum Gasteiger partial charge on any atom is -0.398 e. The van der Waals surface area contributed by atoms with E-state index >= 15 is 0 Å². The van der Waals surface area contributed by atoms with Crippen LogP contribution in [-0.4, -0.2) is 4.98 Å². The fourth-order valence-corrected chi connectivity index (χ4v) is 3.17. The summed E-state index contributed by atoms with van der Waals surface area (Å²) in [4.78, 5) is 4.92. The lowest BCUT2D eigenvalue weighted by Gasteiger charge is -2.14. The number of nitrogens with zero attached hydrogens (tertiary/aromatic N) is 1. The van der Waals surface area contributed by atoms with E-state index in [2.05, 4.69) is 47.1 Å². The Morgan fingerprint density at radius 2 is 1.86 bits per heavy atom. The van der Waals surface area contributed by atoms with Crippen molar-refractivity contribution in [3.05, 3.63) is 58.1 Å². The SMILES string of the molecule is CCc1cc(Br)cc2c(N)c(C)c(-c3ccccc3)nc12. The molecule has 0 atom stereocenters. The average molecular weight is 341 g/mol. The van der Waals surface area contributed by atoms with Crippen molar-refractivity contribution in [2.45, 2.75) is 20.3 Å². The number of pyridine rings is 1. The number of hydrogen-bond acceptors (Lipinski definition) is 2. The van der Waals surface area contributed by atoms with Gasteiger partial charge in [-0.2, -0.15) is 0 Å². The molecule has 3 rings (SSSR count). The van der Waals surface area contributed by atoms with Gasteiger partial charge in [0.2, 0.25) is 0 Å². The Hall–Kier alpha value is -1.87. The van der Waals surface area contributed by atoms with Crippen LogP contribution < -0.4 is 5.73 Å². The number of nitrogen functional groups attached to an aromatic ring is 1. The zero-order valence-corrected chi connectivity index (χ0v) is 13.7. The van der Waals surface area contributed by atoms with E-state index in [1.807, 2.05) is 25.1 Å². The Kier molecular flexibility index (Phi) is 3.68. The van der Waals surface area contributed by atoms with E-state index in [-0.39, 0.29) is 0 Å². The summed E-state index contributed by atoms with van der Waals surface area (Å²) in [7, 11) is 0. The Labute approximate surface area is 133 Å². The minimum absolute atomic E-state index is 0.815. The van der Waals surface area contributed by atoms with Gasteiger partial charge in [-0.15, -0.1) is 0 Å². The summed E-state index contributed by atoms with van der Waals surface area (Å²) in [5, 5.41) is 1.03. The molecule has 3 aromatic rings. The standard InChI is InChI=1S/C18H17BrN2/c1-3-12-9-14(19)10-15-16(20)11(2)17(21-18(12)15)13-7-5-4-6-8-13/h4-10H,3H2,1-2H3,(H2,20,21). The molecule has 3 heteroatoms. The number of halogens is 1. The summed E-state index contributed by atoms with van der Waals surface area (Å²) in [6.45, 7) is 4.18. The Bertz CT molecular complexity index is 811. The molecule has 2 nitrogen and oxygen atoms in total. The molecule has 0 aliphatic carbocycles. The maximum Gasteiger partial charge on any atom is 0.0763 e. The van der Waals surface area contributed by atoms with Crippen LogP contribution in [0.15, 0.2) is 46.9 Å². The van der Waals surface area contributed by atoms with E-state index in [0.717, 1.165) is 44.3 Å². The first-order chi connectivity index (χ1) is 10.1. The Morgan fingerprint density at radius 3 is 2.52 bits per heavy atom. The van der Waals surface area contributed by atoms with Gasteiger partial charge in [0.25, 0.3) is 0 Å². The molecule has 0 aliphatic rings. The van der Waals surface area contributed by atoms with Crippen LogP contribution in [0.25, 0.3) is 22.2 Å². The third kappa shape index (κ3) is 2.42. The number of rotatable bonds is 2. The number of aryl methyl sites for hydroxylation is 1. The molecule has 0 fully saturated rings. The van der Waals surface area contributed by atoms with Crippen LogP contribution in [0, 0.1) is 6.92 Å². The van der Waals surface area contributed by atoms with Gasteiger partial charge in [0.1, 0.15) is 0 Å². The van der Waals surface area contributed by atoms with Gasteiger partial charge in [-0.1, -0.05) is 53.2 Å². The van der Waals surface area contributed by atoms with Crippen molar-refractivity contribution in [1.29, 1.82) is 0 Å². The van der Waals surface area contributed by atoms with Crippen LogP contribution in [0.4, 0.5) is 5.69 Å². The van der Waals surface area contributed by atoms with Crippen molar-refractivity contribution < 1.29 is 0 Å². The van der Waals surface area contributed by atoms with Gasteiger partial charge in [0.05, 0.1) is 11.2 Å². The molecule has 106 valence electrons. The number of aromatic nitrogens is 1. The molecule has 0 saturated carbocycles. The molecule has 0 unspecified atom stereocenters. The summed E-state index contributed by atoms with van der Waals surface area (Å²) in [5.41, 5.74) is 12.5. The number of hydrogen-bond donors (Lipinski definition) is 1. The molecular formula is C18H17BrN2. The summed E-state index contributed by atoms with van der Waals surface area (Å²) in [5.74, 6) is 0. The van der Waals surface area contributed by atoms with E-state index in [4.69, 9.17) is 10.7 Å². The normalized spacial score (nSPS) is 11.0. The zero-order chi connectivity index (χ0) is 15.0. The van der Waals surface area contributed by atoms with E-state index < -0.39 is 0 Å².